The van der Waals surface area contributed by atoms with E-state index in [2.05, 4.69) is 10.6 Å². The van der Waals surface area contributed by atoms with Gasteiger partial charge in [-0.2, -0.15) is 0 Å². The molecule has 4 rings (SSSR count). The highest BCUT2D eigenvalue weighted by atomic mass is 35.5. The predicted octanol–water partition coefficient (Wildman–Crippen LogP) is 5.52. The summed E-state index contributed by atoms with van der Waals surface area (Å²) in [6.45, 7) is 6.15. The second-order valence-corrected chi connectivity index (χ2v) is 9.69. The van der Waals surface area contributed by atoms with Gasteiger partial charge in [0, 0.05) is 22.3 Å². The minimum Gasteiger partial charge on any atom is -0.490 e. The zero-order valence-corrected chi connectivity index (χ0v) is 24.1. The van der Waals surface area contributed by atoms with E-state index in [4.69, 9.17) is 25.8 Å². The summed E-state index contributed by atoms with van der Waals surface area (Å²) in [5.74, 6) is -1.15. The van der Waals surface area contributed by atoms with Gasteiger partial charge in [0.1, 0.15) is 11.3 Å². The Bertz CT molecular complexity index is 1540. The molecule has 5 amide bonds. The topological polar surface area (TPSA) is 123 Å². The highest BCUT2D eigenvalue weighted by Crippen LogP contribution is 2.34. The number of carbonyl (C=O) groups is 4. The number of hydrogen-bond donors (Lipinski definition) is 2. The molecule has 3 aromatic rings. The number of nitrogens with zero attached hydrogens (tertiary/aromatic N) is 1. The Morgan fingerprint density at radius 3 is 2.38 bits per heavy atom. The fourth-order valence-electron chi connectivity index (χ4n) is 4.02. The van der Waals surface area contributed by atoms with Crippen molar-refractivity contribution in [2.75, 3.05) is 30.0 Å². The first-order valence-electron chi connectivity index (χ1n) is 13.3. The average Bonchev–Trinajstić information content (AvgIpc) is 2.95. The SMILES string of the molecule is CCCOc1ccc(N2C(=O)NC(=O)/C(=C\c3cc(Cl)ccc3OCC(=O)Nc3ccc(C)cc3)C2=O)cc1OCC. The van der Waals surface area contributed by atoms with E-state index >= 15 is 0 Å². The molecule has 1 fully saturated rings. The quantitative estimate of drug-likeness (QED) is 0.222. The molecule has 0 aliphatic carbocycles. The number of aryl methyl sites for hydroxylation is 1. The number of ether oxygens (including phenoxy) is 3. The molecule has 1 heterocycles. The number of carbonyl (C=O) groups excluding carboxylic acids is 4. The number of nitrogens with one attached hydrogen (secondary N) is 2. The van der Waals surface area contributed by atoms with Gasteiger partial charge in [-0.1, -0.05) is 36.2 Å². The monoisotopic (exact) mass is 591 g/mol. The van der Waals surface area contributed by atoms with Crippen molar-refractivity contribution in [2.45, 2.75) is 27.2 Å². The number of hydrogen-bond acceptors (Lipinski definition) is 7. The molecule has 3 aromatic carbocycles. The van der Waals surface area contributed by atoms with Gasteiger partial charge in [-0.05, 0) is 68.8 Å². The van der Waals surface area contributed by atoms with Gasteiger partial charge in [-0.15, -0.1) is 0 Å². The van der Waals surface area contributed by atoms with Crippen LogP contribution in [0.1, 0.15) is 31.4 Å². The largest absolute Gasteiger partial charge is 0.490 e. The van der Waals surface area contributed by atoms with Crippen LogP contribution >= 0.6 is 11.6 Å². The highest BCUT2D eigenvalue weighted by molar-refractivity contribution is 6.39. The van der Waals surface area contributed by atoms with Crippen LogP contribution in [0.4, 0.5) is 16.2 Å². The number of rotatable bonds is 11. The number of halogens is 1. The lowest BCUT2D eigenvalue weighted by Crippen LogP contribution is -2.54. The summed E-state index contributed by atoms with van der Waals surface area (Å²) in [5, 5.41) is 5.23. The van der Waals surface area contributed by atoms with Crippen LogP contribution in [0.3, 0.4) is 0 Å². The zero-order chi connectivity index (χ0) is 30.2. The van der Waals surface area contributed by atoms with E-state index in [1.165, 1.54) is 30.3 Å². The molecule has 0 unspecified atom stereocenters. The van der Waals surface area contributed by atoms with Crippen LogP contribution in [0, 0.1) is 6.92 Å². The summed E-state index contributed by atoms with van der Waals surface area (Å²) in [6, 6.07) is 15.5. The van der Waals surface area contributed by atoms with Crippen LogP contribution in [0.5, 0.6) is 17.2 Å². The van der Waals surface area contributed by atoms with Gasteiger partial charge < -0.3 is 19.5 Å². The van der Waals surface area contributed by atoms with E-state index in [0.717, 1.165) is 16.9 Å². The molecule has 42 heavy (non-hydrogen) atoms. The number of barbiturate groups is 1. The van der Waals surface area contributed by atoms with Crippen LogP contribution < -0.4 is 29.7 Å². The molecule has 10 nitrogen and oxygen atoms in total. The van der Waals surface area contributed by atoms with Crippen molar-refractivity contribution in [1.82, 2.24) is 5.32 Å². The Hall–Kier alpha value is -4.83. The Morgan fingerprint density at radius 1 is 0.929 bits per heavy atom. The maximum atomic E-state index is 13.5. The summed E-state index contributed by atoms with van der Waals surface area (Å²) in [4.78, 5) is 52.4. The maximum Gasteiger partial charge on any atom is 0.335 e. The zero-order valence-electron chi connectivity index (χ0n) is 23.4. The Kier molecular flexibility index (Phi) is 9.82. The lowest BCUT2D eigenvalue weighted by molar-refractivity contribution is -0.122. The van der Waals surface area contributed by atoms with Gasteiger partial charge in [0.25, 0.3) is 17.7 Å². The first-order valence-corrected chi connectivity index (χ1v) is 13.7. The third-order valence-electron chi connectivity index (χ3n) is 6.01. The molecule has 2 N–H and O–H groups in total. The summed E-state index contributed by atoms with van der Waals surface area (Å²) >= 11 is 6.20. The number of amides is 5. The van der Waals surface area contributed by atoms with E-state index < -0.39 is 23.8 Å². The van der Waals surface area contributed by atoms with Crippen LogP contribution in [0.2, 0.25) is 5.02 Å². The van der Waals surface area contributed by atoms with E-state index in [0.29, 0.717) is 35.4 Å². The van der Waals surface area contributed by atoms with Gasteiger partial charge in [-0.25, -0.2) is 9.69 Å². The maximum absolute atomic E-state index is 13.5. The van der Waals surface area contributed by atoms with E-state index in [1.807, 2.05) is 26.0 Å². The number of anilines is 2. The summed E-state index contributed by atoms with van der Waals surface area (Å²) in [6.07, 6.45) is 2.04. The minimum atomic E-state index is -0.915. The first kappa shape index (κ1) is 30.1. The molecule has 218 valence electrons. The van der Waals surface area contributed by atoms with Crippen molar-refractivity contribution in [3.8, 4) is 17.2 Å². The van der Waals surface area contributed by atoms with Gasteiger partial charge in [0.15, 0.2) is 18.1 Å². The number of imide groups is 2. The smallest absolute Gasteiger partial charge is 0.335 e. The molecule has 1 saturated heterocycles. The second kappa shape index (κ2) is 13.7. The first-order chi connectivity index (χ1) is 20.2. The number of benzene rings is 3. The van der Waals surface area contributed by atoms with Crippen LogP contribution in [0.15, 0.2) is 66.2 Å². The van der Waals surface area contributed by atoms with E-state index in [1.54, 1.807) is 31.2 Å². The lowest BCUT2D eigenvalue weighted by Gasteiger charge is -2.27. The Balaban J connectivity index is 1.59. The van der Waals surface area contributed by atoms with Gasteiger partial charge in [0.05, 0.1) is 18.9 Å². The Morgan fingerprint density at radius 2 is 1.67 bits per heavy atom. The molecule has 0 spiro atoms. The van der Waals surface area contributed by atoms with Gasteiger partial charge in [0.2, 0.25) is 0 Å². The summed E-state index contributed by atoms with van der Waals surface area (Å²) in [5.41, 5.74) is 1.77. The third kappa shape index (κ3) is 7.27. The molecule has 0 radical (unpaired) electrons. The molecule has 0 saturated carbocycles. The molecule has 1 aliphatic rings. The molecular weight excluding hydrogens is 562 g/mol. The normalized spacial score (nSPS) is 14.0. The van der Waals surface area contributed by atoms with Crippen molar-refractivity contribution in [3.63, 3.8) is 0 Å². The lowest BCUT2D eigenvalue weighted by atomic mass is 10.1. The fraction of sp³-hybridized carbons (Fsp3) is 0.226. The predicted molar refractivity (Wildman–Crippen MR) is 159 cm³/mol. The van der Waals surface area contributed by atoms with Crippen molar-refractivity contribution < 1.29 is 33.4 Å². The summed E-state index contributed by atoms with van der Waals surface area (Å²) in [7, 11) is 0. The van der Waals surface area contributed by atoms with Crippen molar-refractivity contribution in [2.24, 2.45) is 0 Å². The molecule has 11 heteroatoms. The van der Waals surface area contributed by atoms with E-state index in [-0.39, 0.29) is 29.2 Å². The molecular formula is C31H30ClN3O7. The standard InChI is InChI=1S/C31H30ClN3O7/c1-4-14-41-26-13-11-23(17-27(26)40-5-2)35-30(38)24(29(37)34-31(35)39)16-20-15-21(32)8-12-25(20)42-18-28(36)33-22-9-6-19(3)7-10-22/h6-13,15-17H,4-5,14,18H2,1-3H3,(H,33,36)(H,34,37,39)/b24-16+. The summed E-state index contributed by atoms with van der Waals surface area (Å²) < 4.78 is 17.1. The second-order valence-electron chi connectivity index (χ2n) is 9.26. The van der Waals surface area contributed by atoms with Crippen molar-refractivity contribution in [1.29, 1.82) is 0 Å². The molecule has 0 aromatic heterocycles. The molecule has 0 bridgehead atoms. The van der Waals surface area contributed by atoms with Gasteiger partial charge >= 0.3 is 6.03 Å². The van der Waals surface area contributed by atoms with Crippen LogP contribution in [0.25, 0.3) is 6.08 Å². The minimum absolute atomic E-state index is 0.179. The fourth-order valence-corrected chi connectivity index (χ4v) is 4.20. The van der Waals surface area contributed by atoms with Gasteiger partial charge in [-0.3, -0.25) is 19.7 Å². The number of urea groups is 1. The van der Waals surface area contributed by atoms with Crippen LogP contribution in [-0.2, 0) is 14.4 Å². The van der Waals surface area contributed by atoms with Crippen molar-refractivity contribution >= 4 is 52.8 Å². The van der Waals surface area contributed by atoms with Crippen LogP contribution in [-0.4, -0.2) is 43.6 Å². The molecule has 1 aliphatic heterocycles. The van der Waals surface area contributed by atoms with E-state index in [9.17, 15) is 19.2 Å². The van der Waals surface area contributed by atoms with Crippen molar-refractivity contribution in [3.05, 3.63) is 82.4 Å². The average molecular weight is 592 g/mol. The highest BCUT2D eigenvalue weighted by Gasteiger charge is 2.37. The molecule has 0 atom stereocenters. The Labute approximate surface area is 248 Å². The third-order valence-corrected chi connectivity index (χ3v) is 6.25.